The summed E-state index contributed by atoms with van der Waals surface area (Å²) in [5.41, 5.74) is 5.34. The van der Waals surface area contributed by atoms with E-state index in [9.17, 15) is 14.4 Å². The molecule has 4 N–H and O–H groups in total. The lowest BCUT2D eigenvalue weighted by atomic mass is 9.75. The highest BCUT2D eigenvalue weighted by Crippen LogP contribution is 2.32. The van der Waals surface area contributed by atoms with Gasteiger partial charge in [-0.25, -0.2) is 4.79 Å². The van der Waals surface area contributed by atoms with Crippen LogP contribution in [-0.2, 0) is 11.3 Å². The van der Waals surface area contributed by atoms with Gasteiger partial charge in [0.15, 0.2) is 12.2 Å². The number of anilines is 2. The van der Waals surface area contributed by atoms with Gasteiger partial charge >= 0.3 is 5.69 Å². The van der Waals surface area contributed by atoms with Crippen molar-refractivity contribution in [3.05, 3.63) is 20.8 Å². The second kappa shape index (κ2) is 10.5. The van der Waals surface area contributed by atoms with Crippen molar-refractivity contribution in [2.75, 3.05) is 36.8 Å². The molecule has 1 aliphatic carbocycles. The van der Waals surface area contributed by atoms with Gasteiger partial charge in [-0.15, -0.1) is 0 Å². The summed E-state index contributed by atoms with van der Waals surface area (Å²) < 4.78 is 1.38. The van der Waals surface area contributed by atoms with Crippen molar-refractivity contribution in [2.24, 2.45) is 17.8 Å². The van der Waals surface area contributed by atoms with Gasteiger partial charge in [-0.05, 0) is 37.5 Å². The quantitative estimate of drug-likeness (QED) is 0.568. The summed E-state index contributed by atoms with van der Waals surface area (Å²) in [6.07, 6.45) is 8.10. The van der Waals surface area contributed by atoms with Crippen LogP contribution >= 0.6 is 0 Å². The maximum Gasteiger partial charge on any atom is 0.330 e. The number of hydrogen-bond donors (Lipinski definition) is 3. The first kappa shape index (κ1) is 23.6. The molecule has 1 aliphatic heterocycles. The number of aromatic amines is 1. The zero-order valence-corrected chi connectivity index (χ0v) is 19.4. The molecule has 2 fully saturated rings. The van der Waals surface area contributed by atoms with Gasteiger partial charge in [0.1, 0.15) is 5.82 Å². The van der Waals surface area contributed by atoms with Gasteiger partial charge < -0.3 is 10.6 Å². The summed E-state index contributed by atoms with van der Waals surface area (Å²) in [5.74, 6) is 1.73. The highest BCUT2D eigenvalue weighted by atomic mass is 16.2. The van der Waals surface area contributed by atoms with Crippen LogP contribution in [0.2, 0.25) is 0 Å². The monoisotopic (exact) mass is 434 g/mol. The number of H-pyrrole nitrogens is 1. The number of nitrogens with zero attached hydrogens (tertiary/aromatic N) is 2. The average molecular weight is 435 g/mol. The number of carbonyl (C=O) groups is 1. The van der Waals surface area contributed by atoms with Gasteiger partial charge in [-0.2, -0.15) is 0 Å². The predicted octanol–water partition coefficient (Wildman–Crippen LogP) is 1.00. The predicted molar refractivity (Wildman–Crippen MR) is 123 cm³/mol. The maximum atomic E-state index is 13.4. The van der Waals surface area contributed by atoms with E-state index in [0.29, 0.717) is 19.6 Å². The van der Waals surface area contributed by atoms with Gasteiger partial charge in [-0.1, -0.05) is 40.0 Å². The molecule has 0 aromatic carbocycles. The molecule has 2 heterocycles. The van der Waals surface area contributed by atoms with Gasteiger partial charge in [0, 0.05) is 19.0 Å². The minimum atomic E-state index is -0.576. The number of nitrogens with two attached hydrogens (primary N) is 1. The van der Waals surface area contributed by atoms with Crippen LogP contribution < -0.4 is 26.8 Å². The number of unbranched alkanes of at least 4 members (excludes halogenated alkanes) is 1. The molecular formula is C23H40N5O3+. The first-order valence-corrected chi connectivity index (χ1v) is 12.1. The lowest BCUT2D eigenvalue weighted by Crippen LogP contribution is -3.15. The number of quaternary nitrogens is 1. The van der Waals surface area contributed by atoms with Crippen LogP contribution in [0.5, 0.6) is 0 Å². The number of hydrogen-bond acceptors (Lipinski definition) is 4. The summed E-state index contributed by atoms with van der Waals surface area (Å²) in [5, 5.41) is 0. The fourth-order valence-electron chi connectivity index (χ4n) is 5.33. The van der Waals surface area contributed by atoms with Crippen molar-refractivity contribution in [1.82, 2.24) is 9.55 Å². The normalized spacial score (nSPS) is 23.5. The molecule has 1 saturated heterocycles. The number of rotatable bonds is 8. The van der Waals surface area contributed by atoms with Crippen LogP contribution in [0.1, 0.15) is 65.7 Å². The molecule has 0 bridgehead atoms. The van der Waals surface area contributed by atoms with E-state index in [1.165, 1.54) is 46.5 Å². The standard InChI is InChI=1S/C23H39N5O3/c1-4-5-11-27(20-21(24)28(13-16(2)3)23(31)25-22(20)30)19(29)15-26-12-10-17-8-6-7-9-18(17)14-26/h16-18H,4-15,24H2,1-3H3,(H,25,30,31)/p+1/t17-,18+/m0/s1. The number of piperidine rings is 1. The highest BCUT2D eigenvalue weighted by molar-refractivity contribution is 5.96. The van der Waals surface area contributed by atoms with Crippen molar-refractivity contribution in [3.63, 3.8) is 0 Å². The molecule has 31 heavy (non-hydrogen) atoms. The Morgan fingerprint density at radius 3 is 2.61 bits per heavy atom. The number of nitrogens with one attached hydrogen (secondary N) is 2. The number of amides is 1. The molecule has 3 atom stereocenters. The fraction of sp³-hybridized carbons (Fsp3) is 0.783. The van der Waals surface area contributed by atoms with Crippen LogP contribution in [0.25, 0.3) is 0 Å². The minimum absolute atomic E-state index is 0.0790. The molecule has 8 nitrogen and oxygen atoms in total. The molecule has 1 aromatic rings. The smallest absolute Gasteiger partial charge is 0.330 e. The van der Waals surface area contributed by atoms with Crippen molar-refractivity contribution < 1.29 is 9.69 Å². The fourth-order valence-corrected chi connectivity index (χ4v) is 5.33. The summed E-state index contributed by atoms with van der Waals surface area (Å²) in [4.78, 5) is 43.7. The Morgan fingerprint density at radius 2 is 1.94 bits per heavy atom. The lowest BCUT2D eigenvalue weighted by molar-refractivity contribution is -0.902. The van der Waals surface area contributed by atoms with E-state index in [1.54, 1.807) is 0 Å². The Labute approximate surface area is 184 Å². The number of carbonyl (C=O) groups excluding carboxylic acids is 1. The Hall–Kier alpha value is -2.09. The molecular weight excluding hydrogens is 394 g/mol. The van der Waals surface area contributed by atoms with E-state index < -0.39 is 11.2 Å². The van der Waals surface area contributed by atoms with E-state index in [4.69, 9.17) is 5.73 Å². The number of fused-ring (bicyclic) bond motifs is 1. The summed E-state index contributed by atoms with van der Waals surface area (Å²) in [6, 6.07) is 0. The molecule has 174 valence electrons. The molecule has 1 unspecified atom stereocenters. The van der Waals surface area contributed by atoms with Crippen molar-refractivity contribution in [1.29, 1.82) is 0 Å². The van der Waals surface area contributed by atoms with E-state index >= 15 is 0 Å². The second-order valence-electron chi connectivity index (χ2n) is 9.87. The van der Waals surface area contributed by atoms with Gasteiger partial charge in [0.05, 0.1) is 13.1 Å². The van der Waals surface area contributed by atoms with Crippen LogP contribution in [-0.4, -0.2) is 41.6 Å². The molecule has 0 radical (unpaired) electrons. The highest BCUT2D eigenvalue weighted by Gasteiger charge is 2.35. The summed E-state index contributed by atoms with van der Waals surface area (Å²) >= 11 is 0. The van der Waals surface area contributed by atoms with Gasteiger partial charge in [0.2, 0.25) is 0 Å². The van der Waals surface area contributed by atoms with E-state index in [-0.39, 0.29) is 23.3 Å². The van der Waals surface area contributed by atoms with Crippen LogP contribution in [0.4, 0.5) is 11.5 Å². The number of aromatic nitrogens is 2. The van der Waals surface area contributed by atoms with E-state index in [0.717, 1.165) is 37.8 Å². The molecule has 2 aliphatic rings. The number of nitrogen functional groups attached to an aromatic ring is 1. The SMILES string of the molecule is CCCCN(C(=O)C[NH+]1CC[C@@H]2CCCC[C@@H]2C1)c1c(N)n(CC(C)C)c(=O)[nH]c1=O. The molecule has 8 heteroatoms. The van der Waals surface area contributed by atoms with Gasteiger partial charge in [0.25, 0.3) is 11.5 Å². The van der Waals surface area contributed by atoms with Crippen molar-refractivity contribution >= 4 is 17.4 Å². The third kappa shape index (κ3) is 5.59. The van der Waals surface area contributed by atoms with Crippen molar-refractivity contribution in [2.45, 2.75) is 72.3 Å². The number of likely N-dealkylation sites (tertiary alicyclic amines) is 1. The Balaban J connectivity index is 1.83. The minimum Gasteiger partial charge on any atom is -0.383 e. The first-order valence-electron chi connectivity index (χ1n) is 12.1. The van der Waals surface area contributed by atoms with Crippen LogP contribution in [0.15, 0.2) is 9.59 Å². The lowest BCUT2D eigenvalue weighted by Gasteiger charge is -2.39. The molecule has 3 rings (SSSR count). The van der Waals surface area contributed by atoms with Gasteiger partial charge in [-0.3, -0.25) is 24.0 Å². The summed E-state index contributed by atoms with van der Waals surface area (Å²) in [6.45, 7) is 9.25. The van der Waals surface area contributed by atoms with E-state index in [2.05, 4.69) is 11.9 Å². The largest absolute Gasteiger partial charge is 0.383 e. The Kier molecular flexibility index (Phi) is 7.97. The topological polar surface area (TPSA) is 106 Å². The maximum absolute atomic E-state index is 13.4. The zero-order chi connectivity index (χ0) is 22.5. The third-order valence-electron chi connectivity index (χ3n) is 6.96. The Bertz CT molecular complexity index is 875. The zero-order valence-electron chi connectivity index (χ0n) is 19.4. The summed E-state index contributed by atoms with van der Waals surface area (Å²) in [7, 11) is 0. The molecule has 1 saturated carbocycles. The van der Waals surface area contributed by atoms with Crippen LogP contribution in [0, 0.1) is 17.8 Å². The van der Waals surface area contributed by atoms with Crippen LogP contribution in [0.3, 0.4) is 0 Å². The van der Waals surface area contributed by atoms with E-state index in [1.807, 2.05) is 13.8 Å². The molecule has 0 spiro atoms. The second-order valence-corrected chi connectivity index (χ2v) is 9.87. The Morgan fingerprint density at radius 1 is 1.23 bits per heavy atom. The third-order valence-corrected chi connectivity index (χ3v) is 6.96. The average Bonchev–Trinajstić information content (AvgIpc) is 2.73. The first-order chi connectivity index (χ1) is 14.8. The van der Waals surface area contributed by atoms with Crippen molar-refractivity contribution in [3.8, 4) is 0 Å². The molecule has 1 aromatic heterocycles. The molecule has 1 amide bonds.